The average molecular weight is 439 g/mol. The van der Waals surface area contributed by atoms with Gasteiger partial charge in [0.1, 0.15) is 17.5 Å². The molecule has 32 heavy (non-hydrogen) atoms. The first-order chi connectivity index (χ1) is 15.4. The maximum Gasteiger partial charge on any atom is 0.261 e. The van der Waals surface area contributed by atoms with Gasteiger partial charge in [0.2, 0.25) is 5.91 Å². The van der Waals surface area contributed by atoms with E-state index >= 15 is 0 Å². The van der Waals surface area contributed by atoms with Gasteiger partial charge in [0, 0.05) is 12.6 Å². The molecular weight excluding hydrogens is 404 g/mol. The normalized spacial score (nSPS) is 14.6. The first-order valence-electron chi connectivity index (χ1n) is 11.3. The fraction of sp³-hybridized carbons (Fsp3) is 0.462. The van der Waals surface area contributed by atoms with Crippen LogP contribution in [0.5, 0.6) is 11.5 Å². The van der Waals surface area contributed by atoms with Gasteiger partial charge in [-0.3, -0.25) is 9.59 Å². The van der Waals surface area contributed by atoms with Crippen LogP contribution in [0.25, 0.3) is 0 Å². The SMILES string of the molecule is COc1cccc(CN(C(=O)COc2ccc(C)c(C)c2)C(C)C(=O)NC2CCCC2)c1. The lowest BCUT2D eigenvalue weighted by atomic mass is 10.1. The molecule has 1 aliphatic rings. The molecule has 6 nitrogen and oxygen atoms in total. The van der Waals surface area contributed by atoms with Gasteiger partial charge in [-0.25, -0.2) is 0 Å². The molecule has 0 aromatic heterocycles. The number of nitrogens with one attached hydrogen (secondary N) is 1. The van der Waals surface area contributed by atoms with Crippen LogP contribution in [0.1, 0.15) is 49.3 Å². The number of methoxy groups -OCH3 is 1. The minimum atomic E-state index is -0.613. The second-order valence-electron chi connectivity index (χ2n) is 8.57. The summed E-state index contributed by atoms with van der Waals surface area (Å²) in [6.45, 7) is 5.98. The van der Waals surface area contributed by atoms with Crippen molar-refractivity contribution in [1.82, 2.24) is 10.2 Å². The maximum atomic E-state index is 13.2. The van der Waals surface area contributed by atoms with Crippen molar-refractivity contribution in [3.8, 4) is 11.5 Å². The molecule has 0 aliphatic heterocycles. The molecule has 1 fully saturated rings. The number of benzene rings is 2. The van der Waals surface area contributed by atoms with Gasteiger partial charge in [-0.1, -0.05) is 31.0 Å². The predicted molar refractivity (Wildman–Crippen MR) is 125 cm³/mol. The fourth-order valence-corrected chi connectivity index (χ4v) is 3.97. The van der Waals surface area contributed by atoms with E-state index in [1.165, 1.54) is 5.56 Å². The van der Waals surface area contributed by atoms with Crippen LogP contribution in [0.4, 0.5) is 0 Å². The van der Waals surface area contributed by atoms with E-state index in [1.807, 2.05) is 56.3 Å². The van der Waals surface area contributed by atoms with Crippen molar-refractivity contribution >= 4 is 11.8 Å². The zero-order valence-electron chi connectivity index (χ0n) is 19.5. The maximum absolute atomic E-state index is 13.2. The Balaban J connectivity index is 1.73. The average Bonchev–Trinajstić information content (AvgIpc) is 3.30. The Hall–Kier alpha value is -3.02. The van der Waals surface area contributed by atoms with Crippen molar-refractivity contribution in [2.24, 2.45) is 0 Å². The summed E-state index contributed by atoms with van der Waals surface area (Å²) in [5, 5.41) is 3.11. The molecule has 0 radical (unpaired) electrons. The molecule has 1 atom stereocenters. The van der Waals surface area contributed by atoms with Gasteiger partial charge < -0.3 is 19.7 Å². The Labute approximate surface area is 190 Å². The largest absolute Gasteiger partial charge is 0.497 e. The molecule has 3 rings (SSSR count). The van der Waals surface area contributed by atoms with Crippen LogP contribution in [0.2, 0.25) is 0 Å². The second kappa shape index (κ2) is 11.0. The Kier molecular flexibility index (Phi) is 8.14. The Bertz CT molecular complexity index is 937. The molecule has 1 N–H and O–H groups in total. The molecule has 0 heterocycles. The molecule has 1 aliphatic carbocycles. The number of carbonyl (C=O) groups excluding carboxylic acids is 2. The Morgan fingerprint density at radius 1 is 1.06 bits per heavy atom. The summed E-state index contributed by atoms with van der Waals surface area (Å²) in [4.78, 5) is 27.7. The first-order valence-corrected chi connectivity index (χ1v) is 11.3. The van der Waals surface area contributed by atoms with Gasteiger partial charge in [-0.05, 0) is 74.6 Å². The third-order valence-electron chi connectivity index (χ3n) is 6.20. The number of aryl methyl sites for hydroxylation is 2. The summed E-state index contributed by atoms with van der Waals surface area (Å²) in [7, 11) is 1.61. The van der Waals surface area contributed by atoms with E-state index in [0.717, 1.165) is 36.8 Å². The monoisotopic (exact) mass is 438 g/mol. The van der Waals surface area contributed by atoms with E-state index in [-0.39, 0.29) is 24.5 Å². The van der Waals surface area contributed by atoms with Crippen LogP contribution in [0, 0.1) is 13.8 Å². The molecule has 0 spiro atoms. The van der Waals surface area contributed by atoms with Crippen molar-refractivity contribution in [2.75, 3.05) is 13.7 Å². The van der Waals surface area contributed by atoms with E-state index in [4.69, 9.17) is 9.47 Å². The van der Waals surface area contributed by atoms with Crippen molar-refractivity contribution in [1.29, 1.82) is 0 Å². The zero-order valence-corrected chi connectivity index (χ0v) is 19.5. The number of ether oxygens (including phenoxy) is 2. The predicted octanol–water partition coefficient (Wildman–Crippen LogP) is 4.17. The highest BCUT2D eigenvalue weighted by molar-refractivity contribution is 5.88. The van der Waals surface area contributed by atoms with Gasteiger partial charge in [0.05, 0.1) is 7.11 Å². The van der Waals surface area contributed by atoms with Gasteiger partial charge in [-0.2, -0.15) is 0 Å². The van der Waals surface area contributed by atoms with Gasteiger partial charge >= 0.3 is 0 Å². The van der Waals surface area contributed by atoms with Crippen LogP contribution in [-0.4, -0.2) is 42.5 Å². The Morgan fingerprint density at radius 3 is 2.50 bits per heavy atom. The highest BCUT2D eigenvalue weighted by atomic mass is 16.5. The number of carbonyl (C=O) groups is 2. The third-order valence-corrected chi connectivity index (χ3v) is 6.20. The van der Waals surface area contributed by atoms with Crippen LogP contribution >= 0.6 is 0 Å². The summed E-state index contributed by atoms with van der Waals surface area (Å²) in [5.41, 5.74) is 3.16. The van der Waals surface area contributed by atoms with E-state index in [1.54, 1.807) is 18.9 Å². The molecule has 6 heteroatoms. The van der Waals surface area contributed by atoms with Gasteiger partial charge in [0.25, 0.3) is 5.91 Å². The van der Waals surface area contributed by atoms with E-state index in [9.17, 15) is 9.59 Å². The molecule has 2 aromatic carbocycles. The third kappa shape index (κ3) is 6.25. The fourth-order valence-electron chi connectivity index (χ4n) is 3.97. The number of hydrogen-bond donors (Lipinski definition) is 1. The minimum Gasteiger partial charge on any atom is -0.497 e. The highest BCUT2D eigenvalue weighted by Gasteiger charge is 2.28. The van der Waals surface area contributed by atoms with Crippen LogP contribution in [-0.2, 0) is 16.1 Å². The van der Waals surface area contributed by atoms with Crippen molar-refractivity contribution in [3.05, 3.63) is 59.2 Å². The lowest BCUT2D eigenvalue weighted by molar-refractivity contribution is -0.142. The van der Waals surface area contributed by atoms with Crippen LogP contribution in [0.3, 0.4) is 0 Å². The summed E-state index contributed by atoms with van der Waals surface area (Å²) in [6, 6.07) is 12.9. The van der Waals surface area contributed by atoms with E-state index < -0.39 is 6.04 Å². The molecule has 0 saturated heterocycles. The molecule has 172 valence electrons. The molecule has 1 unspecified atom stereocenters. The smallest absolute Gasteiger partial charge is 0.261 e. The standard InChI is InChI=1S/C26H34N2O4/c1-18-12-13-24(14-19(18)2)32-17-25(29)28(16-21-8-7-11-23(15-21)31-4)20(3)26(30)27-22-9-5-6-10-22/h7-8,11-15,20,22H,5-6,9-10,16-17H2,1-4H3,(H,27,30). The molecule has 2 amide bonds. The van der Waals surface area contributed by atoms with Crippen molar-refractivity contribution in [3.63, 3.8) is 0 Å². The van der Waals surface area contributed by atoms with E-state index in [2.05, 4.69) is 5.32 Å². The first kappa shape index (κ1) is 23.6. The van der Waals surface area contributed by atoms with Crippen LogP contribution < -0.4 is 14.8 Å². The molecule has 1 saturated carbocycles. The topological polar surface area (TPSA) is 67.9 Å². The summed E-state index contributed by atoms with van der Waals surface area (Å²) < 4.78 is 11.1. The minimum absolute atomic E-state index is 0.126. The van der Waals surface area contributed by atoms with Gasteiger partial charge in [-0.15, -0.1) is 0 Å². The summed E-state index contributed by atoms with van der Waals surface area (Å²) >= 11 is 0. The van der Waals surface area contributed by atoms with E-state index in [0.29, 0.717) is 18.0 Å². The number of nitrogens with zero attached hydrogens (tertiary/aromatic N) is 1. The number of rotatable bonds is 9. The molecular formula is C26H34N2O4. The lowest BCUT2D eigenvalue weighted by Gasteiger charge is -2.29. The number of hydrogen-bond acceptors (Lipinski definition) is 4. The van der Waals surface area contributed by atoms with Crippen molar-refractivity contribution in [2.45, 2.75) is 65.1 Å². The van der Waals surface area contributed by atoms with Crippen LogP contribution in [0.15, 0.2) is 42.5 Å². The summed E-state index contributed by atoms with van der Waals surface area (Å²) in [6.07, 6.45) is 4.27. The number of amides is 2. The second-order valence-corrected chi connectivity index (χ2v) is 8.57. The van der Waals surface area contributed by atoms with Gasteiger partial charge in [0.15, 0.2) is 6.61 Å². The Morgan fingerprint density at radius 2 is 1.81 bits per heavy atom. The zero-order chi connectivity index (χ0) is 23.1. The molecule has 0 bridgehead atoms. The molecule has 2 aromatic rings. The lowest BCUT2D eigenvalue weighted by Crippen LogP contribution is -2.50. The van der Waals surface area contributed by atoms with Crippen molar-refractivity contribution < 1.29 is 19.1 Å². The quantitative estimate of drug-likeness (QED) is 0.638. The highest BCUT2D eigenvalue weighted by Crippen LogP contribution is 2.20. The summed E-state index contributed by atoms with van der Waals surface area (Å²) in [5.74, 6) is 0.995.